The number of hydrogen-bond donors (Lipinski definition) is 1. The zero-order valence-corrected chi connectivity index (χ0v) is 15.7. The van der Waals surface area contributed by atoms with Crippen molar-refractivity contribution < 1.29 is 13.9 Å². The van der Waals surface area contributed by atoms with Gasteiger partial charge in [0.05, 0.1) is 38.4 Å². The van der Waals surface area contributed by atoms with E-state index >= 15 is 0 Å². The molecule has 0 saturated heterocycles. The number of hydrogen-bond acceptors (Lipinski definition) is 3. The van der Waals surface area contributed by atoms with E-state index in [1.54, 1.807) is 6.07 Å². The molecule has 0 spiro atoms. The fourth-order valence-electron chi connectivity index (χ4n) is 2.53. The highest BCUT2D eigenvalue weighted by Gasteiger charge is 2.18. The zero-order valence-electron chi connectivity index (χ0n) is 13.4. The van der Waals surface area contributed by atoms with Crippen LogP contribution in [-0.2, 0) is 11.3 Å². The second-order valence-corrected chi connectivity index (χ2v) is 6.62. The van der Waals surface area contributed by atoms with Gasteiger partial charge in [0.1, 0.15) is 5.82 Å². The van der Waals surface area contributed by atoms with Crippen LogP contribution in [0.5, 0.6) is 0 Å². The molecule has 0 aliphatic carbocycles. The number of carbonyl (C=O) groups is 1. The van der Waals surface area contributed by atoms with Crippen LogP contribution in [0.4, 0.5) is 10.1 Å². The normalized spacial score (nSPS) is 11.0. The highest BCUT2D eigenvalue weighted by Crippen LogP contribution is 2.32. The van der Waals surface area contributed by atoms with E-state index in [0.29, 0.717) is 21.5 Å². The maximum atomic E-state index is 14.1. The average molecular weight is 414 g/mol. The Labute approximate surface area is 163 Å². The van der Waals surface area contributed by atoms with E-state index in [1.165, 1.54) is 31.5 Å². The minimum atomic E-state index is -0.577. The molecule has 134 valence electrons. The Morgan fingerprint density at radius 3 is 2.58 bits per heavy atom. The van der Waals surface area contributed by atoms with Crippen molar-refractivity contribution in [2.45, 2.75) is 6.61 Å². The van der Waals surface area contributed by atoms with Gasteiger partial charge in [-0.05, 0) is 24.3 Å². The summed E-state index contributed by atoms with van der Waals surface area (Å²) in [6.07, 6.45) is 1.52. The van der Waals surface area contributed by atoms with E-state index < -0.39 is 11.7 Å². The molecule has 26 heavy (non-hydrogen) atoms. The molecule has 1 heterocycles. The molecule has 0 saturated carbocycles. The summed E-state index contributed by atoms with van der Waals surface area (Å²) in [5.41, 5.74) is 1.20. The number of nitrogens with one attached hydrogen (secondary N) is 1. The third-order valence-corrected chi connectivity index (χ3v) is 4.76. The number of anilines is 1. The van der Waals surface area contributed by atoms with Gasteiger partial charge in [-0.1, -0.05) is 40.9 Å². The van der Waals surface area contributed by atoms with Crippen molar-refractivity contribution in [3.63, 3.8) is 0 Å². The van der Waals surface area contributed by atoms with Crippen LogP contribution in [0.3, 0.4) is 0 Å². The number of pyridine rings is 1. The third-order valence-electron chi connectivity index (χ3n) is 3.68. The van der Waals surface area contributed by atoms with Gasteiger partial charge >= 0.3 is 0 Å². The van der Waals surface area contributed by atoms with Crippen LogP contribution in [0.25, 0.3) is 10.9 Å². The number of carbonyl (C=O) groups excluding carboxylic acids is 1. The van der Waals surface area contributed by atoms with E-state index in [9.17, 15) is 9.18 Å². The summed E-state index contributed by atoms with van der Waals surface area (Å²) in [5, 5.41) is 3.64. The molecule has 4 nitrogen and oxygen atoms in total. The molecular formula is C18H12Cl3FN2O2. The molecule has 0 radical (unpaired) electrons. The van der Waals surface area contributed by atoms with Gasteiger partial charge in [-0.2, -0.15) is 0 Å². The van der Waals surface area contributed by atoms with Crippen molar-refractivity contribution in [1.29, 1.82) is 0 Å². The summed E-state index contributed by atoms with van der Waals surface area (Å²) in [6.45, 7) is 0.231. The maximum Gasteiger partial charge on any atom is 0.258 e. The van der Waals surface area contributed by atoms with Gasteiger partial charge in [0, 0.05) is 24.3 Å². The maximum absolute atomic E-state index is 14.1. The highest BCUT2D eigenvalue weighted by atomic mass is 35.5. The topological polar surface area (TPSA) is 51.2 Å². The van der Waals surface area contributed by atoms with E-state index in [0.717, 1.165) is 6.07 Å². The smallest absolute Gasteiger partial charge is 0.258 e. The van der Waals surface area contributed by atoms with Crippen LogP contribution >= 0.6 is 34.8 Å². The summed E-state index contributed by atoms with van der Waals surface area (Å²) in [4.78, 5) is 16.9. The summed E-state index contributed by atoms with van der Waals surface area (Å²) in [6, 6.07) is 7.11. The SMILES string of the molecule is COCc1cnc2c(NC(=O)c3c(Cl)cccc3Cl)cc(F)cc2c1Cl. The molecule has 3 rings (SSSR count). The van der Waals surface area contributed by atoms with Crippen molar-refractivity contribution in [1.82, 2.24) is 4.98 Å². The lowest BCUT2D eigenvalue weighted by Crippen LogP contribution is -2.14. The lowest BCUT2D eigenvalue weighted by atomic mass is 10.1. The molecule has 1 N–H and O–H groups in total. The summed E-state index contributed by atoms with van der Waals surface area (Å²) in [5.74, 6) is -1.15. The molecule has 8 heteroatoms. The Bertz CT molecular complexity index is 991. The Kier molecular flexibility index (Phi) is 5.63. The molecule has 0 aliphatic rings. The lowest BCUT2D eigenvalue weighted by Gasteiger charge is -2.13. The summed E-state index contributed by atoms with van der Waals surface area (Å²) >= 11 is 18.4. The minimum absolute atomic E-state index is 0.0929. The van der Waals surface area contributed by atoms with Crippen LogP contribution < -0.4 is 5.32 Å². The van der Waals surface area contributed by atoms with E-state index in [2.05, 4.69) is 10.3 Å². The Hall–Kier alpha value is -1.92. The third kappa shape index (κ3) is 3.62. The second-order valence-electron chi connectivity index (χ2n) is 5.43. The number of fused-ring (bicyclic) bond motifs is 1. The first-order valence-electron chi connectivity index (χ1n) is 7.43. The quantitative estimate of drug-likeness (QED) is 0.594. The molecule has 3 aromatic rings. The van der Waals surface area contributed by atoms with Gasteiger partial charge in [0.15, 0.2) is 0 Å². The Morgan fingerprint density at radius 1 is 1.23 bits per heavy atom. The van der Waals surface area contributed by atoms with Gasteiger partial charge in [0.2, 0.25) is 0 Å². The fraction of sp³-hybridized carbons (Fsp3) is 0.111. The molecular weight excluding hydrogens is 402 g/mol. The monoisotopic (exact) mass is 412 g/mol. The van der Waals surface area contributed by atoms with Gasteiger partial charge in [-0.3, -0.25) is 9.78 Å². The number of benzene rings is 2. The van der Waals surface area contributed by atoms with Crippen LogP contribution in [-0.4, -0.2) is 18.0 Å². The first kappa shape index (κ1) is 18.9. The number of methoxy groups -OCH3 is 1. The number of nitrogens with zero attached hydrogens (tertiary/aromatic N) is 1. The van der Waals surface area contributed by atoms with E-state index in [4.69, 9.17) is 39.5 Å². The molecule has 2 aromatic carbocycles. The number of rotatable bonds is 4. The predicted octanol–water partition coefficient (Wildman–Crippen LogP) is 5.73. The molecule has 1 amide bonds. The van der Waals surface area contributed by atoms with Crippen LogP contribution in [0.1, 0.15) is 15.9 Å². The summed E-state index contributed by atoms with van der Waals surface area (Å²) < 4.78 is 19.1. The van der Waals surface area contributed by atoms with Crippen LogP contribution in [0, 0.1) is 5.82 Å². The van der Waals surface area contributed by atoms with Gasteiger partial charge in [0.25, 0.3) is 5.91 Å². The van der Waals surface area contributed by atoms with Crippen molar-refractivity contribution >= 4 is 57.3 Å². The predicted molar refractivity (Wildman–Crippen MR) is 102 cm³/mol. The first-order valence-corrected chi connectivity index (χ1v) is 8.56. The van der Waals surface area contributed by atoms with Gasteiger partial charge in [-0.25, -0.2) is 4.39 Å². The van der Waals surface area contributed by atoms with Gasteiger partial charge < -0.3 is 10.1 Å². The number of aromatic nitrogens is 1. The van der Waals surface area contributed by atoms with Crippen molar-refractivity contribution in [3.8, 4) is 0 Å². The van der Waals surface area contributed by atoms with Crippen molar-refractivity contribution in [2.75, 3.05) is 12.4 Å². The molecule has 0 aliphatic heterocycles. The lowest BCUT2D eigenvalue weighted by molar-refractivity contribution is 0.102. The standard InChI is InChI=1S/C18H12Cl3FN2O2/c1-26-8-9-7-23-17-11(16(9)21)5-10(22)6-14(17)24-18(25)15-12(19)3-2-4-13(15)20/h2-7H,8H2,1H3,(H,24,25). The van der Waals surface area contributed by atoms with Gasteiger partial charge in [-0.15, -0.1) is 0 Å². The minimum Gasteiger partial charge on any atom is -0.380 e. The zero-order chi connectivity index (χ0) is 18.8. The summed E-state index contributed by atoms with van der Waals surface area (Å²) in [7, 11) is 1.52. The highest BCUT2D eigenvalue weighted by molar-refractivity contribution is 6.40. The largest absolute Gasteiger partial charge is 0.380 e. The number of halogens is 4. The second kappa shape index (κ2) is 7.76. The first-order chi connectivity index (χ1) is 12.4. The average Bonchev–Trinajstić information content (AvgIpc) is 2.58. The van der Waals surface area contributed by atoms with E-state index in [-0.39, 0.29) is 27.9 Å². The Morgan fingerprint density at radius 2 is 1.92 bits per heavy atom. The molecule has 0 unspecified atom stereocenters. The number of ether oxygens (including phenoxy) is 1. The van der Waals surface area contributed by atoms with Crippen LogP contribution in [0.2, 0.25) is 15.1 Å². The number of amides is 1. The van der Waals surface area contributed by atoms with Crippen molar-refractivity contribution in [2.24, 2.45) is 0 Å². The fourth-order valence-corrected chi connectivity index (χ4v) is 3.35. The van der Waals surface area contributed by atoms with E-state index in [1.807, 2.05) is 0 Å². The molecule has 0 fully saturated rings. The molecule has 0 atom stereocenters. The molecule has 0 bridgehead atoms. The van der Waals surface area contributed by atoms with Crippen molar-refractivity contribution in [3.05, 3.63) is 68.5 Å². The Balaban J connectivity index is 2.08. The van der Waals surface area contributed by atoms with Crippen LogP contribution in [0.15, 0.2) is 36.5 Å². The molecule has 1 aromatic heterocycles.